The van der Waals surface area contributed by atoms with Crippen LogP contribution in [0.25, 0.3) is 11.1 Å². The van der Waals surface area contributed by atoms with Crippen molar-refractivity contribution >= 4 is 5.69 Å². The van der Waals surface area contributed by atoms with Gasteiger partial charge in [0.1, 0.15) is 5.82 Å². The molecule has 2 heteroatoms. The highest BCUT2D eigenvalue weighted by Crippen LogP contribution is 2.32. The Hall–Kier alpha value is -1.83. The van der Waals surface area contributed by atoms with Crippen LogP contribution >= 0.6 is 0 Å². The molecule has 0 atom stereocenters. The Balaban J connectivity index is 2.16. The molecule has 0 aliphatic carbocycles. The third-order valence-electron chi connectivity index (χ3n) is 3.54. The van der Waals surface area contributed by atoms with Gasteiger partial charge < -0.3 is 5.32 Å². The summed E-state index contributed by atoms with van der Waals surface area (Å²) in [5.74, 6) is -0.126. The highest BCUT2D eigenvalue weighted by Gasteiger charge is 2.14. The molecule has 0 amide bonds. The van der Waals surface area contributed by atoms with Gasteiger partial charge >= 0.3 is 0 Å². The number of halogens is 1. The van der Waals surface area contributed by atoms with Gasteiger partial charge in [-0.05, 0) is 60.7 Å². The fourth-order valence-electron chi connectivity index (χ4n) is 2.74. The molecule has 0 spiro atoms. The highest BCUT2D eigenvalue weighted by atomic mass is 19.1. The van der Waals surface area contributed by atoms with Crippen LogP contribution in [0.15, 0.2) is 30.3 Å². The molecule has 0 radical (unpaired) electrons. The van der Waals surface area contributed by atoms with E-state index in [0.29, 0.717) is 0 Å². The maximum Gasteiger partial charge on any atom is 0.131 e. The molecule has 1 heterocycles. The quantitative estimate of drug-likeness (QED) is 0.793. The lowest BCUT2D eigenvalue weighted by Crippen LogP contribution is -1.92. The van der Waals surface area contributed by atoms with Gasteiger partial charge in [-0.1, -0.05) is 12.1 Å². The lowest BCUT2D eigenvalue weighted by molar-refractivity contribution is 0.629. The van der Waals surface area contributed by atoms with Crippen molar-refractivity contribution in [2.24, 2.45) is 0 Å². The average molecular weight is 241 g/mol. The van der Waals surface area contributed by atoms with Crippen LogP contribution in [0, 0.1) is 19.7 Å². The summed E-state index contributed by atoms with van der Waals surface area (Å²) in [7, 11) is 0. The van der Waals surface area contributed by atoms with Gasteiger partial charge in [-0.2, -0.15) is 0 Å². The second-order valence-electron chi connectivity index (χ2n) is 4.99. The SMILES string of the molecule is Cc1cc(C)c(-c2ccc3c(c2)CCN3)c(F)c1. The Morgan fingerprint density at radius 2 is 1.94 bits per heavy atom. The zero-order valence-electron chi connectivity index (χ0n) is 10.7. The van der Waals surface area contributed by atoms with Gasteiger partial charge in [0.15, 0.2) is 0 Å². The van der Waals surface area contributed by atoms with Crippen molar-refractivity contribution in [1.82, 2.24) is 0 Å². The topological polar surface area (TPSA) is 12.0 Å². The molecule has 3 rings (SSSR count). The Labute approximate surface area is 107 Å². The second kappa shape index (κ2) is 4.13. The smallest absolute Gasteiger partial charge is 0.131 e. The van der Waals surface area contributed by atoms with E-state index in [2.05, 4.69) is 17.4 Å². The number of hydrogen-bond donors (Lipinski definition) is 1. The van der Waals surface area contributed by atoms with Gasteiger partial charge in [0.25, 0.3) is 0 Å². The molecule has 92 valence electrons. The first kappa shape index (κ1) is 11.3. The molecule has 2 aromatic carbocycles. The Kier molecular flexibility index (Phi) is 2.58. The standard InChI is InChI=1S/C16H16FN/c1-10-7-11(2)16(14(17)8-10)13-3-4-15-12(9-13)5-6-18-15/h3-4,7-9,18H,5-6H2,1-2H3. The van der Waals surface area contributed by atoms with Crippen molar-refractivity contribution in [2.45, 2.75) is 20.3 Å². The van der Waals surface area contributed by atoms with Gasteiger partial charge in [-0.3, -0.25) is 0 Å². The van der Waals surface area contributed by atoms with Crippen molar-refractivity contribution in [3.8, 4) is 11.1 Å². The predicted octanol–water partition coefficient (Wildman–Crippen LogP) is 4.08. The van der Waals surface area contributed by atoms with E-state index in [1.54, 1.807) is 6.07 Å². The highest BCUT2D eigenvalue weighted by molar-refractivity contribution is 5.73. The molecule has 1 aliphatic heterocycles. The van der Waals surface area contributed by atoms with Crippen LogP contribution in [0.1, 0.15) is 16.7 Å². The first-order chi connectivity index (χ1) is 8.65. The monoisotopic (exact) mass is 241 g/mol. The van der Waals surface area contributed by atoms with E-state index in [-0.39, 0.29) is 5.82 Å². The fourth-order valence-corrected chi connectivity index (χ4v) is 2.74. The number of hydrogen-bond acceptors (Lipinski definition) is 1. The van der Waals surface area contributed by atoms with Crippen molar-refractivity contribution < 1.29 is 4.39 Å². The maximum atomic E-state index is 14.1. The number of anilines is 1. The molecule has 18 heavy (non-hydrogen) atoms. The van der Waals surface area contributed by atoms with E-state index < -0.39 is 0 Å². The van der Waals surface area contributed by atoms with Crippen LogP contribution in [0.5, 0.6) is 0 Å². The summed E-state index contributed by atoms with van der Waals surface area (Å²) in [6.07, 6.45) is 1.02. The van der Waals surface area contributed by atoms with Crippen LogP contribution in [0.3, 0.4) is 0 Å². The zero-order valence-corrected chi connectivity index (χ0v) is 10.7. The lowest BCUT2D eigenvalue weighted by atomic mass is 9.96. The van der Waals surface area contributed by atoms with Crippen LogP contribution in [-0.2, 0) is 6.42 Å². The van der Waals surface area contributed by atoms with Crippen LogP contribution in [-0.4, -0.2) is 6.54 Å². The average Bonchev–Trinajstić information content (AvgIpc) is 2.74. The number of nitrogens with one attached hydrogen (secondary N) is 1. The molecule has 0 bridgehead atoms. The van der Waals surface area contributed by atoms with Crippen molar-refractivity contribution in [1.29, 1.82) is 0 Å². The fraction of sp³-hybridized carbons (Fsp3) is 0.250. The van der Waals surface area contributed by atoms with Gasteiger partial charge in [-0.25, -0.2) is 4.39 Å². The molecular weight excluding hydrogens is 225 g/mol. The minimum absolute atomic E-state index is 0.126. The molecule has 0 saturated carbocycles. The Bertz CT molecular complexity index is 593. The molecule has 1 N–H and O–H groups in total. The second-order valence-corrected chi connectivity index (χ2v) is 4.99. The zero-order chi connectivity index (χ0) is 12.7. The third-order valence-corrected chi connectivity index (χ3v) is 3.54. The molecule has 1 nitrogen and oxygen atoms in total. The van der Waals surface area contributed by atoms with Crippen molar-refractivity contribution in [3.63, 3.8) is 0 Å². The lowest BCUT2D eigenvalue weighted by Gasteiger charge is -2.10. The van der Waals surface area contributed by atoms with E-state index >= 15 is 0 Å². The van der Waals surface area contributed by atoms with Gasteiger partial charge in [0, 0.05) is 17.8 Å². The maximum absolute atomic E-state index is 14.1. The molecule has 0 fully saturated rings. The number of fused-ring (bicyclic) bond motifs is 1. The molecule has 0 aromatic heterocycles. The van der Waals surface area contributed by atoms with Gasteiger partial charge in [0.05, 0.1) is 0 Å². The summed E-state index contributed by atoms with van der Waals surface area (Å²) in [6.45, 7) is 4.87. The molecule has 0 saturated heterocycles. The molecule has 2 aromatic rings. The van der Waals surface area contributed by atoms with E-state index in [9.17, 15) is 4.39 Å². The largest absolute Gasteiger partial charge is 0.384 e. The first-order valence-electron chi connectivity index (χ1n) is 6.29. The van der Waals surface area contributed by atoms with E-state index in [0.717, 1.165) is 35.2 Å². The number of benzene rings is 2. The van der Waals surface area contributed by atoms with Crippen molar-refractivity contribution in [3.05, 3.63) is 52.8 Å². The number of aryl methyl sites for hydroxylation is 2. The Morgan fingerprint density at radius 1 is 1.11 bits per heavy atom. The van der Waals surface area contributed by atoms with Crippen LogP contribution in [0.2, 0.25) is 0 Å². The Morgan fingerprint density at radius 3 is 2.72 bits per heavy atom. The minimum Gasteiger partial charge on any atom is -0.384 e. The minimum atomic E-state index is -0.126. The van der Waals surface area contributed by atoms with E-state index in [4.69, 9.17) is 0 Å². The van der Waals surface area contributed by atoms with E-state index in [1.165, 1.54) is 11.3 Å². The van der Waals surface area contributed by atoms with Crippen LogP contribution < -0.4 is 5.32 Å². The summed E-state index contributed by atoms with van der Waals surface area (Å²) >= 11 is 0. The molecule has 1 aliphatic rings. The van der Waals surface area contributed by atoms with Crippen molar-refractivity contribution in [2.75, 3.05) is 11.9 Å². The van der Waals surface area contributed by atoms with Gasteiger partial charge in [0.2, 0.25) is 0 Å². The summed E-state index contributed by atoms with van der Waals surface area (Å²) in [5.41, 5.74) is 6.15. The van der Waals surface area contributed by atoms with E-state index in [1.807, 2.05) is 26.0 Å². The third kappa shape index (κ3) is 1.78. The summed E-state index contributed by atoms with van der Waals surface area (Å²) in [6, 6.07) is 9.79. The normalized spacial score (nSPS) is 13.3. The number of rotatable bonds is 1. The van der Waals surface area contributed by atoms with Crippen LogP contribution in [0.4, 0.5) is 10.1 Å². The van der Waals surface area contributed by atoms with Gasteiger partial charge in [-0.15, -0.1) is 0 Å². The predicted molar refractivity (Wildman–Crippen MR) is 73.5 cm³/mol. The summed E-state index contributed by atoms with van der Waals surface area (Å²) in [4.78, 5) is 0. The first-order valence-corrected chi connectivity index (χ1v) is 6.29. The molecular formula is C16H16FN. The summed E-state index contributed by atoms with van der Waals surface area (Å²) in [5, 5.41) is 3.32. The molecule has 0 unspecified atom stereocenters. The summed E-state index contributed by atoms with van der Waals surface area (Å²) < 4.78 is 14.1.